The fraction of sp³-hybridized carbons (Fsp3) is 0.833. The van der Waals surface area contributed by atoms with Crippen LogP contribution in [0.2, 0.25) is 0 Å². The number of aromatic nitrogens is 3. The van der Waals surface area contributed by atoms with Gasteiger partial charge in [0, 0.05) is 37.5 Å². The van der Waals surface area contributed by atoms with E-state index in [9.17, 15) is 4.79 Å². The van der Waals surface area contributed by atoms with Crippen molar-refractivity contribution in [2.75, 3.05) is 19.6 Å². The van der Waals surface area contributed by atoms with Gasteiger partial charge in [0.2, 0.25) is 5.91 Å². The Morgan fingerprint density at radius 2 is 2.04 bits per heavy atom. The van der Waals surface area contributed by atoms with Gasteiger partial charge in [0.1, 0.15) is 11.6 Å². The molecule has 3 heterocycles. The minimum absolute atomic E-state index is 0.0126. The van der Waals surface area contributed by atoms with Gasteiger partial charge < -0.3 is 14.8 Å². The summed E-state index contributed by atoms with van der Waals surface area (Å²) < 4.78 is 2.29. The van der Waals surface area contributed by atoms with Crippen LogP contribution in [0.4, 0.5) is 0 Å². The minimum Gasteiger partial charge on any atom is -0.342 e. The van der Waals surface area contributed by atoms with E-state index in [2.05, 4.69) is 31.9 Å². The number of carbonyl (C=O) groups is 1. The van der Waals surface area contributed by atoms with Crippen LogP contribution in [0.1, 0.15) is 69.4 Å². The van der Waals surface area contributed by atoms with Crippen molar-refractivity contribution < 1.29 is 4.79 Å². The van der Waals surface area contributed by atoms with E-state index in [4.69, 9.17) is 0 Å². The molecule has 4 rings (SSSR count). The molecule has 0 bridgehead atoms. The molecule has 0 spiro atoms. The lowest BCUT2D eigenvalue weighted by Crippen LogP contribution is -2.50. The summed E-state index contributed by atoms with van der Waals surface area (Å²) in [6.07, 6.45) is 7.66. The van der Waals surface area contributed by atoms with Crippen LogP contribution in [-0.2, 0) is 17.9 Å². The Balaban J connectivity index is 1.40. The van der Waals surface area contributed by atoms with Crippen LogP contribution >= 0.6 is 0 Å². The lowest BCUT2D eigenvalue weighted by molar-refractivity contribution is -0.149. The zero-order chi connectivity index (χ0) is 16.6. The van der Waals surface area contributed by atoms with Crippen LogP contribution in [0.15, 0.2) is 0 Å². The van der Waals surface area contributed by atoms with E-state index in [1.165, 1.54) is 6.42 Å². The van der Waals surface area contributed by atoms with Crippen LogP contribution in [0, 0.1) is 5.41 Å². The molecule has 1 aromatic heterocycles. The molecule has 0 aromatic carbocycles. The smallest absolute Gasteiger partial charge is 0.228 e. The Morgan fingerprint density at radius 3 is 2.71 bits per heavy atom. The second-order valence-electron chi connectivity index (χ2n) is 7.75. The van der Waals surface area contributed by atoms with Crippen molar-refractivity contribution in [3.8, 4) is 0 Å². The molecule has 2 aliphatic heterocycles. The summed E-state index contributed by atoms with van der Waals surface area (Å²) in [5.74, 6) is 3.09. The number of fused-ring (bicyclic) bond motifs is 1. The molecule has 0 atom stereocenters. The largest absolute Gasteiger partial charge is 0.342 e. The molecule has 1 aromatic rings. The molecule has 3 aliphatic rings. The molecule has 24 heavy (non-hydrogen) atoms. The van der Waals surface area contributed by atoms with E-state index in [-0.39, 0.29) is 5.41 Å². The Kier molecular flexibility index (Phi) is 4.33. The van der Waals surface area contributed by atoms with E-state index in [1.807, 2.05) is 0 Å². The molecule has 1 saturated carbocycles. The first kappa shape index (κ1) is 16.1. The lowest BCUT2D eigenvalue weighted by atomic mass is 9.65. The van der Waals surface area contributed by atoms with Crippen molar-refractivity contribution in [3.05, 3.63) is 11.6 Å². The molecule has 1 saturated heterocycles. The maximum Gasteiger partial charge on any atom is 0.228 e. The average molecular weight is 331 g/mol. The molecule has 1 aliphatic carbocycles. The monoisotopic (exact) mass is 331 g/mol. The summed E-state index contributed by atoms with van der Waals surface area (Å²) in [5.41, 5.74) is -0.0126. The number of likely N-dealkylation sites (tertiary alicyclic amines) is 1. The van der Waals surface area contributed by atoms with Crippen LogP contribution < -0.4 is 5.32 Å². The lowest BCUT2D eigenvalue weighted by Gasteiger charge is -2.45. The predicted molar refractivity (Wildman–Crippen MR) is 91.5 cm³/mol. The highest BCUT2D eigenvalue weighted by molar-refractivity contribution is 5.83. The summed E-state index contributed by atoms with van der Waals surface area (Å²) in [7, 11) is 0. The van der Waals surface area contributed by atoms with Crippen molar-refractivity contribution in [1.82, 2.24) is 25.0 Å². The van der Waals surface area contributed by atoms with E-state index in [0.717, 1.165) is 82.9 Å². The molecular formula is C18H29N5O. The number of nitrogens with one attached hydrogen (secondary N) is 1. The second kappa shape index (κ2) is 6.47. The maximum atomic E-state index is 13.0. The zero-order valence-corrected chi connectivity index (χ0v) is 14.8. The van der Waals surface area contributed by atoms with Gasteiger partial charge in [-0.2, -0.15) is 0 Å². The van der Waals surface area contributed by atoms with Gasteiger partial charge in [0.05, 0.1) is 6.54 Å². The number of hydrogen-bond donors (Lipinski definition) is 1. The molecule has 0 unspecified atom stereocenters. The number of rotatable bonds is 4. The quantitative estimate of drug-likeness (QED) is 0.917. The summed E-state index contributed by atoms with van der Waals surface area (Å²) in [6.45, 7) is 6.75. The van der Waals surface area contributed by atoms with Crippen molar-refractivity contribution >= 4 is 5.91 Å². The summed E-state index contributed by atoms with van der Waals surface area (Å²) in [4.78, 5) is 15.1. The third kappa shape index (κ3) is 2.65. The summed E-state index contributed by atoms with van der Waals surface area (Å²) >= 11 is 0. The highest BCUT2D eigenvalue weighted by Gasteiger charge is 2.45. The van der Waals surface area contributed by atoms with Gasteiger partial charge in [-0.1, -0.05) is 19.8 Å². The van der Waals surface area contributed by atoms with Gasteiger partial charge >= 0.3 is 0 Å². The third-order valence-corrected chi connectivity index (χ3v) is 6.29. The van der Waals surface area contributed by atoms with Crippen molar-refractivity contribution in [1.29, 1.82) is 0 Å². The number of carbonyl (C=O) groups excluding carboxylic acids is 1. The first-order valence-electron chi connectivity index (χ1n) is 9.65. The number of hydrogen-bond acceptors (Lipinski definition) is 4. The number of piperidine rings is 1. The van der Waals surface area contributed by atoms with E-state index >= 15 is 0 Å². The van der Waals surface area contributed by atoms with E-state index < -0.39 is 0 Å². The molecule has 2 fully saturated rings. The van der Waals surface area contributed by atoms with Crippen LogP contribution in [-0.4, -0.2) is 45.2 Å². The standard InChI is InChI=1S/C18H29N5O/c1-2-6-18(7-3-8-18)17(24)22-10-4-14(5-11-22)16-21-20-15-13-19-9-12-23(15)16/h14,19H,2-13H2,1H3. The summed E-state index contributed by atoms with van der Waals surface area (Å²) in [5, 5.41) is 12.2. The van der Waals surface area contributed by atoms with Crippen LogP contribution in [0.5, 0.6) is 0 Å². The molecule has 1 amide bonds. The Bertz CT molecular complexity index is 599. The molecule has 1 N–H and O–H groups in total. The van der Waals surface area contributed by atoms with Crippen molar-refractivity contribution in [2.45, 2.75) is 70.9 Å². The highest BCUT2D eigenvalue weighted by atomic mass is 16.2. The van der Waals surface area contributed by atoms with Crippen molar-refractivity contribution in [3.63, 3.8) is 0 Å². The predicted octanol–water partition coefficient (Wildman–Crippen LogP) is 2.06. The minimum atomic E-state index is -0.0126. The fourth-order valence-electron chi connectivity index (χ4n) is 4.75. The van der Waals surface area contributed by atoms with E-state index in [0.29, 0.717) is 11.8 Å². The fourth-order valence-corrected chi connectivity index (χ4v) is 4.75. The van der Waals surface area contributed by atoms with Gasteiger partial charge in [-0.3, -0.25) is 4.79 Å². The van der Waals surface area contributed by atoms with Gasteiger partial charge in [-0.05, 0) is 32.1 Å². The molecule has 0 radical (unpaired) electrons. The Labute approximate surface area is 144 Å². The topological polar surface area (TPSA) is 63.1 Å². The maximum absolute atomic E-state index is 13.0. The van der Waals surface area contributed by atoms with Gasteiger partial charge in [-0.15, -0.1) is 10.2 Å². The second-order valence-corrected chi connectivity index (χ2v) is 7.75. The van der Waals surface area contributed by atoms with Crippen LogP contribution in [0.3, 0.4) is 0 Å². The Morgan fingerprint density at radius 1 is 1.25 bits per heavy atom. The first-order valence-corrected chi connectivity index (χ1v) is 9.65. The van der Waals surface area contributed by atoms with Crippen LogP contribution in [0.25, 0.3) is 0 Å². The van der Waals surface area contributed by atoms with Gasteiger partial charge in [0.15, 0.2) is 0 Å². The SMILES string of the molecule is CCCC1(C(=O)N2CCC(c3nnc4n3CCNC4)CC2)CCC1. The first-order chi connectivity index (χ1) is 11.7. The number of amides is 1. The third-order valence-electron chi connectivity index (χ3n) is 6.29. The molecule has 6 nitrogen and oxygen atoms in total. The van der Waals surface area contributed by atoms with E-state index in [1.54, 1.807) is 0 Å². The average Bonchev–Trinajstić information content (AvgIpc) is 3.02. The normalized spacial score (nSPS) is 23.6. The highest BCUT2D eigenvalue weighted by Crippen LogP contribution is 2.47. The zero-order valence-electron chi connectivity index (χ0n) is 14.8. The number of nitrogens with zero attached hydrogens (tertiary/aromatic N) is 4. The molecule has 132 valence electrons. The van der Waals surface area contributed by atoms with Gasteiger partial charge in [0.25, 0.3) is 0 Å². The van der Waals surface area contributed by atoms with Gasteiger partial charge in [-0.25, -0.2) is 0 Å². The van der Waals surface area contributed by atoms with Crippen molar-refractivity contribution in [2.24, 2.45) is 5.41 Å². The summed E-state index contributed by atoms with van der Waals surface area (Å²) in [6, 6.07) is 0. The Hall–Kier alpha value is -1.43. The molecular weight excluding hydrogens is 302 g/mol. The molecule has 6 heteroatoms.